The number of nitrogens with zero attached hydrogens (tertiary/aromatic N) is 1. The fourth-order valence-electron chi connectivity index (χ4n) is 1.03. The number of hydrogen-bond donors (Lipinski definition) is 2. The van der Waals surface area contributed by atoms with Gasteiger partial charge in [0.25, 0.3) is 0 Å². The minimum Gasteiger partial charge on any atom is -0.356 e. The van der Waals surface area contributed by atoms with Crippen molar-refractivity contribution in [3.8, 4) is 12.3 Å². The maximum absolute atomic E-state index is 11.1. The molecule has 0 fully saturated rings. The second-order valence-electron chi connectivity index (χ2n) is 2.88. The summed E-state index contributed by atoms with van der Waals surface area (Å²) in [5.41, 5.74) is 1.02. The van der Waals surface area contributed by atoms with Crippen LogP contribution >= 0.6 is 0 Å². The Hall–Kier alpha value is -1.76. The molecule has 0 saturated heterocycles. The van der Waals surface area contributed by atoms with E-state index in [4.69, 9.17) is 6.42 Å². The second kappa shape index (κ2) is 5.81. The van der Waals surface area contributed by atoms with Crippen LogP contribution in [-0.4, -0.2) is 22.4 Å². The van der Waals surface area contributed by atoms with Crippen LogP contribution in [0.1, 0.15) is 18.5 Å². The third kappa shape index (κ3) is 3.76. The Morgan fingerprint density at radius 3 is 3.21 bits per heavy atom. The summed E-state index contributed by atoms with van der Waals surface area (Å²) in [6.45, 7) is 0.617. The van der Waals surface area contributed by atoms with Crippen LogP contribution in [-0.2, 0) is 11.2 Å². The monoisotopic (exact) mass is 191 g/mol. The molecule has 74 valence electrons. The molecule has 0 aliphatic heterocycles. The van der Waals surface area contributed by atoms with Crippen molar-refractivity contribution in [2.75, 3.05) is 6.54 Å². The van der Waals surface area contributed by atoms with Crippen molar-refractivity contribution in [3.05, 3.63) is 18.2 Å². The number of aromatic nitrogens is 2. The summed E-state index contributed by atoms with van der Waals surface area (Å²) < 4.78 is 0. The van der Waals surface area contributed by atoms with Crippen LogP contribution in [0.5, 0.6) is 0 Å². The summed E-state index contributed by atoms with van der Waals surface area (Å²) in [5, 5.41) is 2.77. The van der Waals surface area contributed by atoms with Gasteiger partial charge >= 0.3 is 0 Å². The van der Waals surface area contributed by atoms with E-state index in [1.54, 1.807) is 12.5 Å². The van der Waals surface area contributed by atoms with Gasteiger partial charge in [-0.15, -0.1) is 12.3 Å². The molecule has 2 N–H and O–H groups in total. The Labute approximate surface area is 83.1 Å². The molecule has 1 aromatic heterocycles. The summed E-state index contributed by atoms with van der Waals surface area (Å²) >= 11 is 0. The van der Waals surface area contributed by atoms with E-state index in [0.717, 1.165) is 12.1 Å². The van der Waals surface area contributed by atoms with Crippen LogP contribution in [0, 0.1) is 12.3 Å². The Kier molecular flexibility index (Phi) is 4.29. The van der Waals surface area contributed by atoms with Crippen molar-refractivity contribution < 1.29 is 4.79 Å². The number of aromatic amines is 1. The minimum absolute atomic E-state index is 0.00228. The van der Waals surface area contributed by atoms with Gasteiger partial charge in [0.05, 0.1) is 6.33 Å². The Morgan fingerprint density at radius 1 is 1.71 bits per heavy atom. The molecule has 0 bridgehead atoms. The van der Waals surface area contributed by atoms with Crippen molar-refractivity contribution in [3.63, 3.8) is 0 Å². The van der Waals surface area contributed by atoms with Crippen molar-refractivity contribution in [2.24, 2.45) is 0 Å². The highest BCUT2D eigenvalue weighted by molar-refractivity contribution is 5.76. The summed E-state index contributed by atoms with van der Waals surface area (Å²) in [6.07, 6.45) is 10.1. The van der Waals surface area contributed by atoms with Crippen LogP contribution < -0.4 is 5.32 Å². The van der Waals surface area contributed by atoms with E-state index in [0.29, 0.717) is 19.4 Å². The zero-order valence-electron chi connectivity index (χ0n) is 7.92. The zero-order valence-corrected chi connectivity index (χ0v) is 7.92. The standard InChI is InChI=1S/C10H13N3O/c1-2-3-4-10(14)12-6-5-9-7-11-8-13-9/h1,7-8H,3-6H2,(H,11,13)(H,12,14). The van der Waals surface area contributed by atoms with E-state index < -0.39 is 0 Å². The molecule has 0 aliphatic rings. The fourth-order valence-corrected chi connectivity index (χ4v) is 1.03. The highest BCUT2D eigenvalue weighted by Gasteiger charge is 1.99. The summed E-state index contributed by atoms with van der Waals surface area (Å²) in [6, 6.07) is 0. The highest BCUT2D eigenvalue weighted by atomic mass is 16.1. The van der Waals surface area contributed by atoms with Crippen LogP contribution in [0.3, 0.4) is 0 Å². The first-order valence-electron chi connectivity index (χ1n) is 4.50. The van der Waals surface area contributed by atoms with Gasteiger partial charge in [-0.25, -0.2) is 4.98 Å². The molecular formula is C10H13N3O. The average Bonchev–Trinajstić information content (AvgIpc) is 2.67. The lowest BCUT2D eigenvalue weighted by molar-refractivity contribution is -0.120. The van der Waals surface area contributed by atoms with Gasteiger partial charge < -0.3 is 10.3 Å². The number of hydrogen-bond acceptors (Lipinski definition) is 2. The number of nitrogens with one attached hydrogen (secondary N) is 2. The van der Waals surface area contributed by atoms with Crippen LogP contribution in [0.15, 0.2) is 12.5 Å². The molecular weight excluding hydrogens is 178 g/mol. The third-order valence-corrected chi connectivity index (χ3v) is 1.77. The normalized spacial score (nSPS) is 9.36. The van der Waals surface area contributed by atoms with Gasteiger partial charge in [0, 0.05) is 37.7 Å². The number of imidazole rings is 1. The second-order valence-corrected chi connectivity index (χ2v) is 2.88. The molecule has 14 heavy (non-hydrogen) atoms. The molecule has 0 aliphatic carbocycles. The smallest absolute Gasteiger partial charge is 0.220 e. The number of amides is 1. The van der Waals surface area contributed by atoms with Crippen LogP contribution in [0.4, 0.5) is 0 Å². The molecule has 0 unspecified atom stereocenters. The summed E-state index contributed by atoms with van der Waals surface area (Å²) in [7, 11) is 0. The van der Waals surface area contributed by atoms with Gasteiger partial charge in [0.15, 0.2) is 0 Å². The maximum Gasteiger partial charge on any atom is 0.220 e. The Morgan fingerprint density at radius 2 is 2.57 bits per heavy atom. The molecule has 1 rings (SSSR count). The molecule has 1 heterocycles. The van der Waals surface area contributed by atoms with E-state index in [2.05, 4.69) is 21.2 Å². The molecule has 0 radical (unpaired) electrons. The topological polar surface area (TPSA) is 57.8 Å². The first kappa shape index (κ1) is 10.3. The largest absolute Gasteiger partial charge is 0.356 e. The first-order valence-corrected chi connectivity index (χ1v) is 4.50. The Bertz CT molecular complexity index is 311. The molecule has 0 aromatic carbocycles. The lowest BCUT2D eigenvalue weighted by Crippen LogP contribution is -2.25. The average molecular weight is 191 g/mol. The molecule has 4 heteroatoms. The van der Waals surface area contributed by atoms with Gasteiger partial charge in [-0.05, 0) is 0 Å². The molecule has 1 amide bonds. The van der Waals surface area contributed by atoms with Crippen molar-refractivity contribution in [2.45, 2.75) is 19.3 Å². The number of H-pyrrole nitrogens is 1. The summed E-state index contributed by atoms with van der Waals surface area (Å²) in [4.78, 5) is 17.9. The lowest BCUT2D eigenvalue weighted by atomic mass is 10.3. The van der Waals surface area contributed by atoms with E-state index in [9.17, 15) is 4.79 Å². The predicted octanol–water partition coefficient (Wildman–Crippen LogP) is 0.482. The van der Waals surface area contributed by atoms with Gasteiger partial charge in [-0.3, -0.25) is 4.79 Å². The zero-order chi connectivity index (χ0) is 10.2. The predicted molar refractivity (Wildman–Crippen MR) is 53.4 cm³/mol. The van der Waals surface area contributed by atoms with Gasteiger partial charge in [-0.2, -0.15) is 0 Å². The Balaban J connectivity index is 2.10. The molecule has 0 atom stereocenters. The maximum atomic E-state index is 11.1. The fraction of sp³-hybridized carbons (Fsp3) is 0.400. The van der Waals surface area contributed by atoms with E-state index in [1.807, 2.05) is 0 Å². The van der Waals surface area contributed by atoms with Crippen LogP contribution in [0.2, 0.25) is 0 Å². The SMILES string of the molecule is C#CCCC(=O)NCCc1cnc[nH]1. The molecule has 4 nitrogen and oxygen atoms in total. The summed E-state index contributed by atoms with van der Waals surface area (Å²) in [5.74, 6) is 2.43. The number of terminal acetylenes is 1. The third-order valence-electron chi connectivity index (χ3n) is 1.77. The molecule has 1 aromatic rings. The number of rotatable bonds is 5. The van der Waals surface area contributed by atoms with Crippen molar-refractivity contribution >= 4 is 5.91 Å². The van der Waals surface area contributed by atoms with E-state index in [-0.39, 0.29) is 5.91 Å². The number of carbonyl (C=O) groups is 1. The first-order chi connectivity index (χ1) is 6.83. The molecule has 0 saturated carbocycles. The lowest BCUT2D eigenvalue weighted by Gasteiger charge is -2.01. The van der Waals surface area contributed by atoms with Crippen LogP contribution in [0.25, 0.3) is 0 Å². The minimum atomic E-state index is 0.00228. The quantitative estimate of drug-likeness (QED) is 0.665. The van der Waals surface area contributed by atoms with Crippen molar-refractivity contribution in [1.82, 2.24) is 15.3 Å². The van der Waals surface area contributed by atoms with E-state index >= 15 is 0 Å². The number of carbonyl (C=O) groups excluding carboxylic acids is 1. The van der Waals surface area contributed by atoms with Gasteiger partial charge in [-0.1, -0.05) is 0 Å². The van der Waals surface area contributed by atoms with Crippen molar-refractivity contribution in [1.29, 1.82) is 0 Å². The highest BCUT2D eigenvalue weighted by Crippen LogP contribution is 1.91. The van der Waals surface area contributed by atoms with E-state index in [1.165, 1.54) is 0 Å². The molecule has 0 spiro atoms. The van der Waals surface area contributed by atoms with Gasteiger partial charge in [0.1, 0.15) is 0 Å². The van der Waals surface area contributed by atoms with Gasteiger partial charge in [0.2, 0.25) is 5.91 Å².